The Morgan fingerprint density at radius 3 is 2.59 bits per heavy atom. The molecular formula is C21H16N6O5. The smallest absolute Gasteiger partial charge is 0.279 e. The van der Waals surface area contributed by atoms with Crippen molar-refractivity contribution in [3.05, 3.63) is 76.7 Å². The summed E-state index contributed by atoms with van der Waals surface area (Å²) in [5.41, 5.74) is 0.716. The zero-order valence-electron chi connectivity index (χ0n) is 16.7. The molecule has 0 fully saturated rings. The van der Waals surface area contributed by atoms with Crippen LogP contribution in [0.15, 0.2) is 73.1 Å². The van der Waals surface area contributed by atoms with E-state index in [-0.39, 0.29) is 23.0 Å². The fourth-order valence-corrected chi connectivity index (χ4v) is 3.05. The van der Waals surface area contributed by atoms with Crippen LogP contribution >= 0.6 is 0 Å². The molecule has 160 valence electrons. The largest absolute Gasteiger partial charge is 0.463 e. The van der Waals surface area contributed by atoms with Gasteiger partial charge in [-0.3, -0.25) is 14.6 Å². The highest BCUT2D eigenvalue weighted by Crippen LogP contribution is 2.25. The number of rotatable bonds is 6. The first kappa shape index (κ1) is 19.3. The first-order chi connectivity index (χ1) is 15.6. The van der Waals surface area contributed by atoms with Gasteiger partial charge in [0, 0.05) is 23.9 Å². The van der Waals surface area contributed by atoms with Crippen LogP contribution in [0.25, 0.3) is 28.9 Å². The number of amides is 1. The fraction of sp³-hybridized carbons (Fsp3) is 0.0952. The molecule has 5 aromatic heterocycles. The van der Waals surface area contributed by atoms with Gasteiger partial charge in [0.15, 0.2) is 17.2 Å². The molecule has 0 aliphatic rings. The Labute approximate surface area is 179 Å². The normalized spacial score (nSPS) is 11.0. The second-order valence-corrected chi connectivity index (χ2v) is 6.73. The quantitative estimate of drug-likeness (QED) is 0.416. The van der Waals surface area contributed by atoms with Crippen LogP contribution in [0.3, 0.4) is 0 Å². The van der Waals surface area contributed by atoms with Crippen LogP contribution in [-0.2, 0) is 6.42 Å². The van der Waals surface area contributed by atoms with Gasteiger partial charge in [-0.1, -0.05) is 12.1 Å². The van der Waals surface area contributed by atoms with E-state index in [0.29, 0.717) is 35.1 Å². The summed E-state index contributed by atoms with van der Waals surface area (Å²) in [6.07, 6.45) is 3.56. The number of hydrogen-bond acceptors (Lipinski definition) is 8. The van der Waals surface area contributed by atoms with Crippen molar-refractivity contribution < 1.29 is 18.2 Å². The minimum atomic E-state index is -0.548. The van der Waals surface area contributed by atoms with E-state index in [4.69, 9.17) is 13.4 Å². The fourth-order valence-electron chi connectivity index (χ4n) is 3.05. The minimum Gasteiger partial charge on any atom is -0.463 e. The van der Waals surface area contributed by atoms with Crippen LogP contribution in [0.1, 0.15) is 23.1 Å². The Balaban J connectivity index is 1.52. The number of carbonyl (C=O) groups excluding carboxylic acids is 1. The Hall–Kier alpha value is -4.67. The zero-order valence-corrected chi connectivity index (χ0v) is 16.7. The molecule has 0 bridgehead atoms. The molecule has 0 aromatic carbocycles. The van der Waals surface area contributed by atoms with Gasteiger partial charge in [-0.05, 0) is 30.7 Å². The van der Waals surface area contributed by atoms with Gasteiger partial charge in [-0.25, -0.2) is 4.98 Å². The minimum absolute atomic E-state index is 0.0347. The summed E-state index contributed by atoms with van der Waals surface area (Å²) in [7, 11) is 0. The summed E-state index contributed by atoms with van der Waals surface area (Å²) in [6.45, 7) is 1.88. The van der Waals surface area contributed by atoms with Crippen molar-refractivity contribution in [2.45, 2.75) is 13.3 Å². The molecule has 32 heavy (non-hydrogen) atoms. The van der Waals surface area contributed by atoms with Gasteiger partial charge in [0.2, 0.25) is 11.7 Å². The number of aryl methyl sites for hydroxylation is 1. The van der Waals surface area contributed by atoms with Crippen LogP contribution in [0.2, 0.25) is 0 Å². The molecule has 0 radical (unpaired) electrons. The average molecular weight is 432 g/mol. The van der Waals surface area contributed by atoms with E-state index in [2.05, 4.69) is 25.5 Å². The number of nitrogens with zero attached hydrogens (tertiary/aromatic N) is 4. The molecule has 0 unspecified atom stereocenters. The predicted octanol–water partition coefficient (Wildman–Crippen LogP) is 3.28. The number of H-pyrrole nitrogens is 1. The Bertz CT molecular complexity index is 1430. The Kier molecular flexibility index (Phi) is 4.75. The summed E-state index contributed by atoms with van der Waals surface area (Å²) in [6, 6.07) is 11.3. The maximum absolute atomic E-state index is 12.8. The topological polar surface area (TPSA) is 145 Å². The standard InChI is InChI=1S/C21H16N6O5/c1-2-12-9-19(28)24-21(22-12)27-18(11-13(25-27)15-5-3-7-30-15)23-20(29)14-10-17(32-26-14)16-6-4-8-31-16/h3-11H,2H2,1H3,(H,23,29)(H,22,24,28). The average Bonchev–Trinajstić information content (AvgIpc) is 3.59. The molecule has 0 saturated heterocycles. The molecule has 0 aliphatic heterocycles. The third-order valence-corrected chi connectivity index (χ3v) is 4.58. The van der Waals surface area contributed by atoms with Crippen molar-refractivity contribution in [1.82, 2.24) is 24.9 Å². The lowest BCUT2D eigenvalue weighted by Crippen LogP contribution is -2.19. The van der Waals surface area contributed by atoms with Gasteiger partial charge in [0.25, 0.3) is 11.5 Å². The molecule has 1 amide bonds. The number of furan rings is 2. The number of aromatic nitrogens is 5. The SMILES string of the molecule is CCc1cc(=O)[nH]c(-n2nc(-c3ccco3)cc2NC(=O)c2cc(-c3ccco3)on2)n1. The van der Waals surface area contributed by atoms with E-state index < -0.39 is 5.91 Å². The molecule has 5 heterocycles. The van der Waals surface area contributed by atoms with Gasteiger partial charge < -0.3 is 18.7 Å². The van der Waals surface area contributed by atoms with Crippen molar-refractivity contribution in [1.29, 1.82) is 0 Å². The monoisotopic (exact) mass is 432 g/mol. The third-order valence-electron chi connectivity index (χ3n) is 4.58. The van der Waals surface area contributed by atoms with Crippen LogP contribution in [0.5, 0.6) is 0 Å². The van der Waals surface area contributed by atoms with E-state index >= 15 is 0 Å². The zero-order chi connectivity index (χ0) is 22.1. The summed E-state index contributed by atoms with van der Waals surface area (Å²) >= 11 is 0. The lowest BCUT2D eigenvalue weighted by atomic mass is 10.3. The van der Waals surface area contributed by atoms with Crippen molar-refractivity contribution in [3.63, 3.8) is 0 Å². The lowest BCUT2D eigenvalue weighted by molar-refractivity contribution is 0.101. The van der Waals surface area contributed by atoms with Crippen molar-refractivity contribution in [3.8, 4) is 28.9 Å². The molecule has 5 aromatic rings. The summed E-state index contributed by atoms with van der Waals surface area (Å²) in [5.74, 6) is 1.09. The van der Waals surface area contributed by atoms with Gasteiger partial charge in [-0.2, -0.15) is 9.78 Å². The van der Waals surface area contributed by atoms with Crippen molar-refractivity contribution in [2.24, 2.45) is 0 Å². The van der Waals surface area contributed by atoms with E-state index in [0.717, 1.165) is 0 Å². The molecule has 0 atom stereocenters. The van der Waals surface area contributed by atoms with Gasteiger partial charge in [0.1, 0.15) is 11.5 Å². The first-order valence-corrected chi connectivity index (χ1v) is 9.67. The molecule has 0 spiro atoms. The van der Waals surface area contributed by atoms with Crippen LogP contribution in [0.4, 0.5) is 5.82 Å². The number of carbonyl (C=O) groups is 1. The van der Waals surface area contributed by atoms with Crippen LogP contribution in [-0.4, -0.2) is 30.8 Å². The van der Waals surface area contributed by atoms with E-state index in [1.165, 1.54) is 29.3 Å². The molecule has 0 saturated carbocycles. The highest BCUT2D eigenvalue weighted by atomic mass is 16.5. The van der Waals surface area contributed by atoms with Crippen molar-refractivity contribution >= 4 is 11.7 Å². The van der Waals surface area contributed by atoms with Gasteiger partial charge in [-0.15, -0.1) is 0 Å². The predicted molar refractivity (Wildman–Crippen MR) is 111 cm³/mol. The van der Waals surface area contributed by atoms with E-state index in [9.17, 15) is 9.59 Å². The molecule has 0 aliphatic carbocycles. The summed E-state index contributed by atoms with van der Waals surface area (Å²) in [5, 5.41) is 11.0. The number of anilines is 1. The Morgan fingerprint density at radius 2 is 1.88 bits per heavy atom. The molecule has 11 heteroatoms. The molecule has 5 rings (SSSR count). The van der Waals surface area contributed by atoms with Gasteiger partial charge >= 0.3 is 0 Å². The van der Waals surface area contributed by atoms with Crippen LogP contribution < -0.4 is 10.9 Å². The first-order valence-electron chi connectivity index (χ1n) is 9.67. The van der Waals surface area contributed by atoms with Crippen LogP contribution in [0, 0.1) is 0 Å². The maximum atomic E-state index is 12.8. The summed E-state index contributed by atoms with van der Waals surface area (Å²) < 4.78 is 17.2. The summed E-state index contributed by atoms with van der Waals surface area (Å²) in [4.78, 5) is 32.0. The van der Waals surface area contributed by atoms with E-state index in [1.807, 2.05) is 6.92 Å². The van der Waals surface area contributed by atoms with Gasteiger partial charge in [0.05, 0.1) is 12.5 Å². The molecule has 2 N–H and O–H groups in total. The van der Waals surface area contributed by atoms with Crippen molar-refractivity contribution in [2.75, 3.05) is 5.32 Å². The molecule has 11 nitrogen and oxygen atoms in total. The second kappa shape index (κ2) is 7.87. The maximum Gasteiger partial charge on any atom is 0.279 e. The second-order valence-electron chi connectivity index (χ2n) is 6.73. The number of aromatic amines is 1. The Morgan fingerprint density at radius 1 is 1.09 bits per heavy atom. The third kappa shape index (κ3) is 3.62. The highest BCUT2D eigenvalue weighted by Gasteiger charge is 2.20. The number of nitrogens with one attached hydrogen (secondary N) is 2. The molecular weight excluding hydrogens is 416 g/mol. The number of hydrogen-bond donors (Lipinski definition) is 2. The van der Waals surface area contributed by atoms with E-state index in [1.54, 1.807) is 30.3 Å². The highest BCUT2D eigenvalue weighted by molar-refractivity contribution is 6.03. The lowest BCUT2D eigenvalue weighted by Gasteiger charge is -2.07.